The van der Waals surface area contributed by atoms with Crippen LogP contribution >= 0.6 is 0 Å². The number of unbranched alkanes of at least 4 members (excludes halogenated alkanes) is 20. The molecule has 0 saturated carbocycles. The molecule has 0 aromatic rings. The molecule has 0 saturated heterocycles. The van der Waals surface area contributed by atoms with Crippen LogP contribution in [0.15, 0.2) is 0 Å². The predicted octanol–water partition coefficient (Wildman–Crippen LogP) is 8.99. The Labute approximate surface area is 219 Å². The molecule has 196 valence electrons. The van der Waals surface area contributed by atoms with Crippen molar-refractivity contribution in [2.75, 3.05) is 6.61 Å². The van der Waals surface area contributed by atoms with E-state index in [9.17, 15) is 12.8 Å². The van der Waals surface area contributed by atoms with Crippen LogP contribution in [-0.4, -0.2) is 39.4 Å². The zero-order valence-corrected chi connectivity index (χ0v) is 22.4. The molecule has 0 rings (SSSR count). The van der Waals surface area contributed by atoms with Gasteiger partial charge in [-0.15, -0.1) is 0 Å². The molecule has 0 spiro atoms. The summed E-state index contributed by atoms with van der Waals surface area (Å²) in [6.45, 7) is 4.56. The van der Waals surface area contributed by atoms with Crippen LogP contribution < -0.4 is 0 Å². The minimum atomic E-state index is -4.05. The molecule has 0 aliphatic carbocycles. The average Bonchev–Trinajstić information content (AvgIpc) is 2.78. The van der Waals surface area contributed by atoms with Gasteiger partial charge >= 0.3 is 18.9 Å². The first-order valence-corrected chi connectivity index (χ1v) is 15.5. The summed E-state index contributed by atoms with van der Waals surface area (Å²) in [5, 5.41) is 0. The van der Waals surface area contributed by atoms with E-state index in [2.05, 4.69) is 13.8 Å². The van der Waals surface area contributed by atoms with Crippen molar-refractivity contribution in [1.82, 2.24) is 0 Å². The van der Waals surface area contributed by atoms with Crippen LogP contribution in [0.4, 0.5) is 4.39 Å². The van der Waals surface area contributed by atoms with E-state index in [1.807, 2.05) is 0 Å². The minimum absolute atomic E-state index is 0. The Kier molecular flexibility index (Phi) is 29.2. The van der Waals surface area contributed by atoms with Crippen molar-refractivity contribution in [3.8, 4) is 0 Å². The van der Waals surface area contributed by atoms with Crippen LogP contribution in [0.2, 0.25) is 0 Å². The Bertz CT molecular complexity index is 474. The molecule has 0 fully saturated rings. The fourth-order valence-corrected chi connectivity index (χ4v) is 5.08. The maximum absolute atomic E-state index is 14.0. The number of halogens is 1. The van der Waals surface area contributed by atoms with Gasteiger partial charge in [0.2, 0.25) is 5.50 Å². The molecule has 1 atom stereocenters. The Balaban J connectivity index is 0. The van der Waals surface area contributed by atoms with E-state index in [-0.39, 0.29) is 31.9 Å². The van der Waals surface area contributed by atoms with Gasteiger partial charge in [-0.1, -0.05) is 142 Å². The molecule has 0 bridgehead atoms. The third-order valence-corrected chi connectivity index (χ3v) is 7.70. The zero-order chi connectivity index (χ0) is 23.8. The van der Waals surface area contributed by atoms with E-state index >= 15 is 0 Å². The van der Waals surface area contributed by atoms with Gasteiger partial charge < -0.3 is 0 Å². The summed E-state index contributed by atoms with van der Waals surface area (Å²) in [5.74, 6) is 0. The summed E-state index contributed by atoms with van der Waals surface area (Å²) in [4.78, 5) is 0. The number of hydrogen-bond donors (Lipinski definition) is 0. The summed E-state index contributed by atoms with van der Waals surface area (Å²) in [6.07, 6.45) is 26.4. The van der Waals surface area contributed by atoms with Crippen molar-refractivity contribution in [2.45, 2.75) is 167 Å². The van der Waals surface area contributed by atoms with E-state index in [4.69, 9.17) is 4.18 Å². The molecule has 0 heterocycles. The standard InChI is InChI=1S/C27H55FO3S.Li.H/c1-3-5-7-9-11-12-13-14-15-16-17-18-20-22-24-26-31-32(29,30)27(28)25-23-21-19-10-8-6-4-2;;/h27H,3-26H2,1-2H3;;. The molecule has 1 unspecified atom stereocenters. The molecule has 0 radical (unpaired) electrons. The van der Waals surface area contributed by atoms with Gasteiger partial charge in [0.15, 0.2) is 0 Å². The summed E-state index contributed by atoms with van der Waals surface area (Å²) in [7, 11) is -4.05. The molecule has 0 aromatic heterocycles. The molecular formula is C27H56FLiO3S. The monoisotopic (exact) mass is 486 g/mol. The van der Waals surface area contributed by atoms with Crippen LogP contribution in [0.3, 0.4) is 0 Å². The van der Waals surface area contributed by atoms with Gasteiger partial charge in [-0.3, -0.25) is 4.18 Å². The molecule has 6 heteroatoms. The summed E-state index contributed by atoms with van der Waals surface area (Å²) >= 11 is 0. The van der Waals surface area contributed by atoms with Crippen LogP contribution in [0.1, 0.15) is 162 Å². The van der Waals surface area contributed by atoms with E-state index in [1.165, 1.54) is 96.3 Å². The number of rotatable bonds is 26. The van der Waals surface area contributed by atoms with E-state index in [1.54, 1.807) is 0 Å². The maximum atomic E-state index is 14.0. The van der Waals surface area contributed by atoms with Gasteiger partial charge in [0.1, 0.15) is 0 Å². The third-order valence-electron chi connectivity index (χ3n) is 6.34. The molecule has 0 aliphatic rings. The summed E-state index contributed by atoms with van der Waals surface area (Å²) in [6, 6.07) is 0. The van der Waals surface area contributed by atoms with Gasteiger partial charge in [0, 0.05) is 0 Å². The second kappa shape index (κ2) is 27.0. The molecule has 0 amide bonds. The van der Waals surface area contributed by atoms with E-state index in [0.29, 0.717) is 12.8 Å². The van der Waals surface area contributed by atoms with Crippen LogP contribution in [0.25, 0.3) is 0 Å². The average molecular weight is 487 g/mol. The molecule has 3 nitrogen and oxygen atoms in total. The fourth-order valence-electron chi connectivity index (χ4n) is 4.13. The van der Waals surface area contributed by atoms with Gasteiger partial charge in [-0.25, -0.2) is 4.39 Å². The Morgan fingerprint density at radius 2 is 0.848 bits per heavy atom. The normalized spacial score (nSPS) is 12.6. The van der Waals surface area contributed by atoms with Crippen molar-refractivity contribution < 1.29 is 17.0 Å². The van der Waals surface area contributed by atoms with Gasteiger partial charge in [-0.2, -0.15) is 8.42 Å². The molecule has 0 aliphatic heterocycles. The third kappa shape index (κ3) is 25.3. The van der Waals surface area contributed by atoms with E-state index < -0.39 is 15.6 Å². The van der Waals surface area contributed by atoms with Crippen molar-refractivity contribution in [1.29, 1.82) is 0 Å². The fraction of sp³-hybridized carbons (Fsp3) is 1.00. The number of alkyl halides is 1. The SMILES string of the molecule is CCCCCCCCCCCCCCCCCOS(=O)(=O)C(F)CCCCCCCCC.[LiH]. The van der Waals surface area contributed by atoms with Gasteiger partial charge in [-0.05, 0) is 19.3 Å². The van der Waals surface area contributed by atoms with Gasteiger partial charge in [0.25, 0.3) is 10.1 Å². The number of hydrogen-bond acceptors (Lipinski definition) is 3. The van der Waals surface area contributed by atoms with Crippen molar-refractivity contribution >= 4 is 29.0 Å². The molecular weight excluding hydrogens is 430 g/mol. The Morgan fingerprint density at radius 3 is 1.21 bits per heavy atom. The van der Waals surface area contributed by atoms with Crippen molar-refractivity contribution in [3.05, 3.63) is 0 Å². The quantitative estimate of drug-likeness (QED) is 0.0696. The predicted molar refractivity (Wildman–Crippen MR) is 144 cm³/mol. The van der Waals surface area contributed by atoms with Crippen molar-refractivity contribution in [3.63, 3.8) is 0 Å². The molecule has 33 heavy (non-hydrogen) atoms. The Morgan fingerprint density at radius 1 is 0.545 bits per heavy atom. The second-order valence-electron chi connectivity index (χ2n) is 9.58. The zero-order valence-electron chi connectivity index (χ0n) is 21.6. The van der Waals surface area contributed by atoms with Crippen LogP contribution in [0, 0.1) is 0 Å². The summed E-state index contributed by atoms with van der Waals surface area (Å²) in [5.41, 5.74) is -1.87. The first-order valence-electron chi connectivity index (χ1n) is 14.1. The van der Waals surface area contributed by atoms with Crippen molar-refractivity contribution in [2.24, 2.45) is 0 Å². The summed E-state index contributed by atoms with van der Waals surface area (Å²) < 4.78 is 42.7. The first kappa shape index (κ1) is 35.6. The van der Waals surface area contributed by atoms with Crippen LogP contribution in [0.5, 0.6) is 0 Å². The molecule has 0 N–H and O–H groups in total. The Hall–Kier alpha value is 0.437. The van der Waals surface area contributed by atoms with E-state index in [0.717, 1.165) is 32.1 Å². The van der Waals surface area contributed by atoms with Crippen LogP contribution in [-0.2, 0) is 14.3 Å². The second-order valence-corrected chi connectivity index (χ2v) is 11.3. The van der Waals surface area contributed by atoms with Gasteiger partial charge in [0.05, 0.1) is 6.61 Å². The first-order chi connectivity index (χ1) is 15.5. The molecule has 0 aromatic carbocycles. The topological polar surface area (TPSA) is 43.4 Å².